The number of fused-ring (bicyclic) bond motifs is 1. The van der Waals surface area contributed by atoms with Gasteiger partial charge in [-0.3, -0.25) is 0 Å². The van der Waals surface area contributed by atoms with Gasteiger partial charge in [-0.1, -0.05) is 64.2 Å². The van der Waals surface area contributed by atoms with E-state index in [1.54, 1.807) is 11.8 Å². The van der Waals surface area contributed by atoms with Crippen LogP contribution in [0.15, 0.2) is 35.2 Å². The van der Waals surface area contributed by atoms with Crippen LogP contribution < -0.4 is 5.32 Å². The summed E-state index contributed by atoms with van der Waals surface area (Å²) >= 11 is 1.78. The number of hydrogen-bond acceptors (Lipinski definition) is 4. The molecule has 1 saturated heterocycles. The quantitative estimate of drug-likeness (QED) is 0.459. The molecule has 1 aromatic carbocycles. The van der Waals surface area contributed by atoms with E-state index < -0.39 is 0 Å². The Bertz CT molecular complexity index is 910. The summed E-state index contributed by atoms with van der Waals surface area (Å²) in [6.07, 6.45) is 8.96. The zero-order chi connectivity index (χ0) is 24.5. The molecule has 4 rings (SSSR count). The summed E-state index contributed by atoms with van der Waals surface area (Å²) in [7, 11) is 0. The molecule has 2 aliphatic carbocycles. The Labute approximate surface area is 212 Å². The first-order chi connectivity index (χ1) is 16.0. The summed E-state index contributed by atoms with van der Waals surface area (Å²) in [5, 5.41) is 17.2. The van der Waals surface area contributed by atoms with E-state index in [4.69, 9.17) is 0 Å². The molecule has 188 valence electrons. The second-order valence-electron chi connectivity index (χ2n) is 12.3. The average molecular weight is 483 g/mol. The van der Waals surface area contributed by atoms with Crippen molar-refractivity contribution in [2.75, 3.05) is 13.1 Å². The molecule has 0 aromatic heterocycles. The molecule has 2 fully saturated rings. The first kappa shape index (κ1) is 25.9. The van der Waals surface area contributed by atoms with Crippen molar-refractivity contribution >= 4 is 17.3 Å². The van der Waals surface area contributed by atoms with Gasteiger partial charge >= 0.3 is 0 Å². The Kier molecular flexibility index (Phi) is 7.91. The fraction of sp³-hybridized carbons (Fsp3) is 0.667. The van der Waals surface area contributed by atoms with Crippen LogP contribution in [0.2, 0.25) is 0 Å². The Hall–Kier alpha value is -1.23. The summed E-state index contributed by atoms with van der Waals surface area (Å²) in [5.41, 5.74) is 6.21. The SMILES string of the molecule is C=C(S/C=C(\C)c1ccc2c(c1)C(C)(C)CCC2(C)C)N1CCC(NC2CCC[C@@H](O)C2)CC1. The number of benzene rings is 1. The lowest BCUT2D eigenvalue weighted by Gasteiger charge is -2.42. The van der Waals surface area contributed by atoms with Crippen molar-refractivity contribution in [2.45, 2.75) is 115 Å². The van der Waals surface area contributed by atoms with E-state index in [2.05, 4.69) is 75.0 Å². The van der Waals surface area contributed by atoms with Crippen LogP contribution in [0.25, 0.3) is 5.57 Å². The van der Waals surface area contributed by atoms with E-state index >= 15 is 0 Å². The standard InChI is InChI=1S/C30H46N2OS/c1-21(23-10-11-27-28(18-23)30(5,6)15-14-29(27,3)4)20-34-22(2)32-16-12-24(13-17-32)31-25-8-7-9-26(33)19-25/h10-11,18,20,24-26,31,33H,2,7-9,12-17,19H2,1,3-6H3/b21-20+/t25?,26-/m1/s1. The van der Waals surface area contributed by atoms with Gasteiger partial charge in [-0.25, -0.2) is 0 Å². The highest BCUT2D eigenvalue weighted by Gasteiger charge is 2.37. The molecule has 3 aliphatic rings. The van der Waals surface area contributed by atoms with Gasteiger partial charge in [-0.15, -0.1) is 0 Å². The summed E-state index contributed by atoms with van der Waals surface area (Å²) in [6.45, 7) is 18.3. The summed E-state index contributed by atoms with van der Waals surface area (Å²) in [4.78, 5) is 2.45. The van der Waals surface area contributed by atoms with Gasteiger partial charge in [-0.05, 0) is 96.8 Å². The van der Waals surface area contributed by atoms with Crippen LogP contribution in [-0.2, 0) is 10.8 Å². The smallest absolute Gasteiger partial charge is 0.0676 e. The molecule has 2 atom stereocenters. The van der Waals surface area contributed by atoms with Crippen LogP contribution >= 0.6 is 11.8 Å². The fourth-order valence-corrected chi connectivity index (χ4v) is 6.86. The van der Waals surface area contributed by atoms with Gasteiger partial charge in [0.05, 0.1) is 11.1 Å². The molecule has 2 N–H and O–H groups in total. The number of aliphatic hydroxyl groups excluding tert-OH is 1. The predicted molar refractivity (Wildman–Crippen MR) is 148 cm³/mol. The molecule has 3 nitrogen and oxygen atoms in total. The van der Waals surface area contributed by atoms with Crippen LogP contribution in [0.3, 0.4) is 0 Å². The summed E-state index contributed by atoms with van der Waals surface area (Å²) in [6, 6.07) is 8.22. The third-order valence-electron chi connectivity index (χ3n) is 8.65. The maximum absolute atomic E-state index is 9.95. The number of nitrogens with one attached hydrogen (secondary N) is 1. The lowest BCUT2D eigenvalue weighted by atomic mass is 9.63. The highest BCUT2D eigenvalue weighted by atomic mass is 32.2. The second kappa shape index (κ2) is 10.4. The molecule has 1 aliphatic heterocycles. The minimum atomic E-state index is -0.106. The maximum atomic E-state index is 9.95. The number of likely N-dealkylation sites (tertiary alicyclic amines) is 1. The molecule has 1 unspecified atom stereocenters. The van der Waals surface area contributed by atoms with Crippen LogP contribution in [0.4, 0.5) is 0 Å². The van der Waals surface area contributed by atoms with Crippen molar-refractivity contribution in [3.05, 3.63) is 51.9 Å². The second-order valence-corrected chi connectivity index (χ2v) is 13.2. The fourth-order valence-electron chi connectivity index (χ4n) is 6.08. The number of thioether (sulfide) groups is 1. The van der Waals surface area contributed by atoms with Gasteiger partial charge in [0.25, 0.3) is 0 Å². The first-order valence-electron chi connectivity index (χ1n) is 13.4. The number of nitrogens with zero attached hydrogens (tertiary/aromatic N) is 1. The highest BCUT2D eigenvalue weighted by molar-refractivity contribution is 8.05. The molecule has 34 heavy (non-hydrogen) atoms. The zero-order valence-electron chi connectivity index (χ0n) is 22.1. The molecular weight excluding hydrogens is 436 g/mol. The lowest BCUT2D eigenvalue weighted by molar-refractivity contribution is 0.104. The normalized spacial score (nSPS) is 27.4. The third-order valence-corrected chi connectivity index (χ3v) is 9.65. The molecule has 0 amide bonds. The molecule has 1 heterocycles. The first-order valence-corrected chi connectivity index (χ1v) is 14.3. The van der Waals surface area contributed by atoms with E-state index in [0.717, 1.165) is 50.2 Å². The minimum absolute atomic E-state index is 0.106. The number of rotatable bonds is 6. The zero-order valence-corrected chi connectivity index (χ0v) is 22.9. The molecule has 0 radical (unpaired) electrons. The van der Waals surface area contributed by atoms with Crippen LogP contribution in [-0.4, -0.2) is 41.3 Å². The lowest BCUT2D eigenvalue weighted by Crippen LogP contribution is -2.47. The molecule has 4 heteroatoms. The number of aliphatic hydroxyl groups is 1. The van der Waals surface area contributed by atoms with Crippen molar-refractivity contribution < 1.29 is 5.11 Å². The average Bonchev–Trinajstić information content (AvgIpc) is 2.80. The number of allylic oxidation sites excluding steroid dienone is 1. The van der Waals surface area contributed by atoms with E-state index in [1.165, 1.54) is 41.5 Å². The van der Waals surface area contributed by atoms with Gasteiger partial charge in [0.1, 0.15) is 0 Å². The Morgan fingerprint density at radius 1 is 1.03 bits per heavy atom. The van der Waals surface area contributed by atoms with Gasteiger partial charge < -0.3 is 15.3 Å². The minimum Gasteiger partial charge on any atom is -0.393 e. The van der Waals surface area contributed by atoms with Gasteiger partial charge in [0, 0.05) is 25.2 Å². The maximum Gasteiger partial charge on any atom is 0.0676 e. The Morgan fingerprint density at radius 2 is 1.71 bits per heavy atom. The van der Waals surface area contributed by atoms with E-state index in [-0.39, 0.29) is 16.9 Å². The van der Waals surface area contributed by atoms with E-state index in [0.29, 0.717) is 12.1 Å². The highest BCUT2D eigenvalue weighted by Crippen LogP contribution is 2.46. The molecule has 0 spiro atoms. The molecule has 1 aromatic rings. The van der Waals surface area contributed by atoms with Crippen LogP contribution in [0.5, 0.6) is 0 Å². The van der Waals surface area contributed by atoms with E-state index in [9.17, 15) is 5.11 Å². The monoisotopic (exact) mass is 482 g/mol. The summed E-state index contributed by atoms with van der Waals surface area (Å²) < 4.78 is 0. The van der Waals surface area contributed by atoms with Gasteiger partial charge in [-0.2, -0.15) is 0 Å². The topological polar surface area (TPSA) is 35.5 Å². The molecule has 1 saturated carbocycles. The predicted octanol–water partition coefficient (Wildman–Crippen LogP) is 6.96. The third kappa shape index (κ3) is 5.94. The van der Waals surface area contributed by atoms with Crippen LogP contribution in [0, 0.1) is 0 Å². The molecular formula is C30H46N2OS. The number of piperidine rings is 1. The van der Waals surface area contributed by atoms with E-state index in [1.807, 2.05) is 0 Å². The molecule has 0 bridgehead atoms. The van der Waals surface area contributed by atoms with Crippen molar-refractivity contribution in [1.82, 2.24) is 10.2 Å². The van der Waals surface area contributed by atoms with Gasteiger partial charge in [0.2, 0.25) is 0 Å². The van der Waals surface area contributed by atoms with Crippen molar-refractivity contribution in [3.63, 3.8) is 0 Å². The largest absolute Gasteiger partial charge is 0.393 e. The van der Waals surface area contributed by atoms with Crippen LogP contribution in [0.1, 0.15) is 103 Å². The van der Waals surface area contributed by atoms with Crippen molar-refractivity contribution in [3.8, 4) is 0 Å². The van der Waals surface area contributed by atoms with Crippen molar-refractivity contribution in [1.29, 1.82) is 0 Å². The number of hydrogen-bond donors (Lipinski definition) is 2. The van der Waals surface area contributed by atoms with Crippen molar-refractivity contribution in [2.24, 2.45) is 0 Å². The summed E-state index contributed by atoms with van der Waals surface area (Å²) in [5.74, 6) is 0. The Morgan fingerprint density at radius 3 is 2.38 bits per heavy atom. The van der Waals surface area contributed by atoms with Gasteiger partial charge in [0.15, 0.2) is 0 Å². The Balaban J connectivity index is 1.32.